The van der Waals surface area contributed by atoms with Crippen molar-refractivity contribution in [1.82, 2.24) is 14.7 Å². The molecule has 0 bridgehead atoms. The van der Waals surface area contributed by atoms with Crippen molar-refractivity contribution in [2.45, 2.75) is 19.3 Å². The molecule has 1 aliphatic rings. The lowest BCUT2D eigenvalue weighted by atomic mass is 10.0. The van der Waals surface area contributed by atoms with Crippen LogP contribution in [0.15, 0.2) is 42.7 Å². The minimum absolute atomic E-state index is 0.155. The number of carbonyl (C=O) groups is 1. The number of benzene rings is 1. The number of aryl methyl sites for hydroxylation is 1. The van der Waals surface area contributed by atoms with Crippen molar-refractivity contribution in [3.63, 3.8) is 0 Å². The van der Waals surface area contributed by atoms with E-state index in [2.05, 4.69) is 5.10 Å². The first-order valence-electron chi connectivity index (χ1n) is 8.27. The maximum absolute atomic E-state index is 12.8. The lowest BCUT2D eigenvalue weighted by Gasteiger charge is -2.15. The molecule has 0 aliphatic carbocycles. The average molecular weight is 327 g/mol. The Labute approximate surface area is 141 Å². The van der Waals surface area contributed by atoms with Crippen LogP contribution in [0.2, 0.25) is 0 Å². The molecule has 4 nitrogen and oxygen atoms in total. The largest absolute Gasteiger partial charge is 0.342 e. The lowest BCUT2D eigenvalue weighted by molar-refractivity contribution is -0.129. The van der Waals surface area contributed by atoms with E-state index in [1.807, 2.05) is 41.2 Å². The molecule has 0 spiro atoms. The molecule has 1 amide bonds. The molecule has 0 saturated carbocycles. The summed E-state index contributed by atoms with van der Waals surface area (Å²) in [6.07, 6.45) is 10.1. The third-order valence-corrected chi connectivity index (χ3v) is 4.39. The van der Waals surface area contributed by atoms with Crippen LogP contribution >= 0.6 is 0 Å². The van der Waals surface area contributed by atoms with Gasteiger partial charge in [-0.1, -0.05) is 24.3 Å². The van der Waals surface area contributed by atoms with Crippen molar-refractivity contribution in [2.75, 3.05) is 13.1 Å². The van der Waals surface area contributed by atoms with E-state index in [4.69, 9.17) is 0 Å². The van der Waals surface area contributed by atoms with E-state index in [1.165, 1.54) is 17.7 Å². The van der Waals surface area contributed by atoms with Gasteiger partial charge >= 0.3 is 0 Å². The normalized spacial score (nSPS) is 17.8. The topological polar surface area (TPSA) is 38.1 Å². The summed E-state index contributed by atoms with van der Waals surface area (Å²) < 4.78 is 14.7. The summed E-state index contributed by atoms with van der Waals surface area (Å²) in [5, 5.41) is 4.19. The summed E-state index contributed by atoms with van der Waals surface area (Å²) in [6.45, 7) is 1.65. The molecular weight excluding hydrogens is 305 g/mol. The minimum Gasteiger partial charge on any atom is -0.342 e. The minimum atomic E-state index is -0.250. The van der Waals surface area contributed by atoms with E-state index in [9.17, 15) is 9.18 Å². The molecule has 2 heterocycles. The van der Waals surface area contributed by atoms with Crippen molar-refractivity contribution in [3.05, 3.63) is 59.7 Å². The maximum Gasteiger partial charge on any atom is 0.226 e. The Balaban J connectivity index is 1.46. The van der Waals surface area contributed by atoms with Gasteiger partial charge in [0.25, 0.3) is 0 Å². The Morgan fingerprint density at radius 1 is 1.38 bits per heavy atom. The Morgan fingerprint density at radius 2 is 2.17 bits per heavy atom. The molecule has 0 N–H and O–H groups in total. The quantitative estimate of drug-likeness (QED) is 0.846. The second-order valence-corrected chi connectivity index (χ2v) is 6.38. The van der Waals surface area contributed by atoms with E-state index < -0.39 is 0 Å². The van der Waals surface area contributed by atoms with Crippen LogP contribution < -0.4 is 0 Å². The Morgan fingerprint density at radius 3 is 2.88 bits per heavy atom. The molecule has 0 radical (unpaired) electrons. The fourth-order valence-corrected chi connectivity index (χ4v) is 3.14. The van der Waals surface area contributed by atoms with E-state index in [0.717, 1.165) is 31.5 Å². The van der Waals surface area contributed by atoms with Crippen molar-refractivity contribution < 1.29 is 9.18 Å². The summed E-state index contributed by atoms with van der Waals surface area (Å²) in [5.74, 6) is 0.418. The van der Waals surface area contributed by atoms with Gasteiger partial charge in [-0.2, -0.15) is 5.10 Å². The Bertz CT molecular complexity index is 720. The third-order valence-electron chi connectivity index (χ3n) is 4.39. The second kappa shape index (κ2) is 7.43. The average Bonchev–Trinajstić information content (AvgIpc) is 3.19. The number of nitrogens with zero attached hydrogens (tertiary/aromatic N) is 3. The van der Waals surface area contributed by atoms with Gasteiger partial charge in [0.2, 0.25) is 5.91 Å². The second-order valence-electron chi connectivity index (χ2n) is 6.38. The van der Waals surface area contributed by atoms with Gasteiger partial charge in [0, 0.05) is 32.8 Å². The monoisotopic (exact) mass is 327 g/mol. The maximum atomic E-state index is 12.8. The molecule has 1 saturated heterocycles. The molecule has 1 unspecified atom stereocenters. The highest BCUT2D eigenvalue weighted by Crippen LogP contribution is 2.21. The number of hydrogen-bond acceptors (Lipinski definition) is 2. The molecule has 1 aromatic heterocycles. The van der Waals surface area contributed by atoms with Gasteiger partial charge in [0.15, 0.2) is 0 Å². The zero-order chi connectivity index (χ0) is 16.9. The van der Waals surface area contributed by atoms with E-state index in [0.29, 0.717) is 12.3 Å². The zero-order valence-electron chi connectivity index (χ0n) is 13.9. The molecule has 2 aromatic rings. The van der Waals surface area contributed by atoms with Crippen LogP contribution in [0, 0.1) is 11.7 Å². The Hall–Kier alpha value is -2.43. The van der Waals surface area contributed by atoms with Crippen LogP contribution in [0.4, 0.5) is 4.39 Å². The zero-order valence-corrected chi connectivity index (χ0v) is 13.9. The fourth-order valence-electron chi connectivity index (χ4n) is 3.14. The predicted molar refractivity (Wildman–Crippen MR) is 91.7 cm³/mol. The molecular formula is C19H22FN3O. The van der Waals surface area contributed by atoms with Crippen molar-refractivity contribution in [1.29, 1.82) is 0 Å². The van der Waals surface area contributed by atoms with Crippen molar-refractivity contribution in [2.24, 2.45) is 13.0 Å². The van der Waals surface area contributed by atoms with Gasteiger partial charge < -0.3 is 4.90 Å². The highest BCUT2D eigenvalue weighted by Gasteiger charge is 2.25. The summed E-state index contributed by atoms with van der Waals surface area (Å²) in [7, 11) is 1.92. The van der Waals surface area contributed by atoms with Crippen LogP contribution in [0.3, 0.4) is 0 Å². The summed E-state index contributed by atoms with van der Waals surface area (Å²) >= 11 is 0. The SMILES string of the molecule is Cn1cc(CC2CCN(C(=O)CC=Cc3ccc(F)cc3)C2)cn1. The molecule has 3 rings (SSSR count). The molecule has 1 aliphatic heterocycles. The summed E-state index contributed by atoms with van der Waals surface area (Å²) in [6, 6.07) is 6.25. The summed E-state index contributed by atoms with van der Waals surface area (Å²) in [4.78, 5) is 14.2. The molecule has 24 heavy (non-hydrogen) atoms. The van der Waals surface area contributed by atoms with E-state index >= 15 is 0 Å². The molecule has 5 heteroatoms. The standard InChI is InChI=1S/C19H22FN3O/c1-22-13-17(12-21-22)11-16-9-10-23(14-16)19(24)4-2-3-15-5-7-18(20)8-6-15/h2-3,5-8,12-13,16H,4,9-11,14H2,1H3. The fraction of sp³-hybridized carbons (Fsp3) is 0.368. The van der Waals surface area contributed by atoms with Crippen molar-refractivity contribution in [3.8, 4) is 0 Å². The van der Waals surface area contributed by atoms with Gasteiger partial charge in [-0.15, -0.1) is 0 Å². The summed E-state index contributed by atoms with van der Waals surface area (Å²) in [5.41, 5.74) is 2.13. The van der Waals surface area contributed by atoms with Crippen LogP contribution in [-0.2, 0) is 18.3 Å². The highest BCUT2D eigenvalue weighted by molar-refractivity contribution is 5.79. The third kappa shape index (κ3) is 4.31. The van der Waals surface area contributed by atoms with Gasteiger partial charge in [-0.3, -0.25) is 9.48 Å². The van der Waals surface area contributed by atoms with Gasteiger partial charge in [0.05, 0.1) is 6.20 Å². The molecule has 1 atom stereocenters. The molecule has 1 aromatic carbocycles. The van der Waals surface area contributed by atoms with Gasteiger partial charge in [-0.05, 0) is 42.0 Å². The highest BCUT2D eigenvalue weighted by atomic mass is 19.1. The van der Waals surface area contributed by atoms with E-state index in [1.54, 1.807) is 12.1 Å². The number of rotatable bonds is 5. The van der Waals surface area contributed by atoms with Gasteiger partial charge in [-0.25, -0.2) is 4.39 Å². The molecule has 1 fully saturated rings. The number of likely N-dealkylation sites (tertiary alicyclic amines) is 1. The first-order valence-corrected chi connectivity index (χ1v) is 8.27. The Kier molecular flexibility index (Phi) is 5.08. The number of halogens is 1. The smallest absolute Gasteiger partial charge is 0.226 e. The van der Waals surface area contributed by atoms with Crippen LogP contribution in [0.5, 0.6) is 0 Å². The number of hydrogen-bond donors (Lipinski definition) is 0. The number of carbonyl (C=O) groups excluding carboxylic acids is 1. The van der Waals surface area contributed by atoms with E-state index in [-0.39, 0.29) is 11.7 Å². The van der Waals surface area contributed by atoms with Crippen molar-refractivity contribution >= 4 is 12.0 Å². The first kappa shape index (κ1) is 16.4. The van der Waals surface area contributed by atoms with Crippen LogP contribution in [0.1, 0.15) is 24.0 Å². The van der Waals surface area contributed by atoms with Gasteiger partial charge in [0.1, 0.15) is 5.82 Å². The first-order chi connectivity index (χ1) is 11.6. The number of aromatic nitrogens is 2. The number of amides is 1. The predicted octanol–water partition coefficient (Wildman–Crippen LogP) is 3.05. The van der Waals surface area contributed by atoms with Crippen LogP contribution in [0.25, 0.3) is 6.08 Å². The lowest BCUT2D eigenvalue weighted by Crippen LogP contribution is -2.28. The molecule has 126 valence electrons. The van der Waals surface area contributed by atoms with Crippen LogP contribution in [-0.4, -0.2) is 33.7 Å².